The Morgan fingerprint density at radius 1 is 1.69 bits per heavy atom. The van der Waals surface area contributed by atoms with E-state index in [9.17, 15) is 0 Å². The molecule has 0 bridgehead atoms. The molecule has 76 valence electrons. The predicted molar refractivity (Wildman–Crippen MR) is 55.3 cm³/mol. The SMILES string of the molecule is CNCC(=N)N(C)[C@@H]1CCN(C)C1. The van der Waals surface area contributed by atoms with Gasteiger partial charge in [0.1, 0.15) is 5.84 Å². The lowest BCUT2D eigenvalue weighted by molar-refractivity contribution is 0.337. The first-order chi connectivity index (χ1) is 6.15. The molecule has 0 radical (unpaired) electrons. The fourth-order valence-electron chi connectivity index (χ4n) is 1.74. The lowest BCUT2D eigenvalue weighted by Gasteiger charge is -2.26. The third-order valence-corrected chi connectivity index (χ3v) is 2.68. The number of hydrogen-bond acceptors (Lipinski definition) is 3. The number of likely N-dealkylation sites (tertiary alicyclic amines) is 1. The van der Waals surface area contributed by atoms with Crippen molar-refractivity contribution >= 4 is 5.84 Å². The molecule has 1 fully saturated rings. The van der Waals surface area contributed by atoms with Crippen LogP contribution < -0.4 is 5.32 Å². The van der Waals surface area contributed by atoms with Crippen LogP contribution in [0.5, 0.6) is 0 Å². The van der Waals surface area contributed by atoms with E-state index in [2.05, 4.69) is 22.2 Å². The summed E-state index contributed by atoms with van der Waals surface area (Å²) in [6.45, 7) is 2.90. The topological polar surface area (TPSA) is 42.4 Å². The minimum Gasteiger partial charge on any atom is -0.358 e. The molecule has 1 atom stereocenters. The second kappa shape index (κ2) is 4.58. The lowest BCUT2D eigenvalue weighted by Crippen LogP contribution is -2.42. The van der Waals surface area contributed by atoms with E-state index in [0.29, 0.717) is 18.4 Å². The van der Waals surface area contributed by atoms with Gasteiger partial charge in [-0.25, -0.2) is 0 Å². The predicted octanol–water partition coefficient (Wildman–Crippen LogP) is -0.181. The van der Waals surface area contributed by atoms with E-state index in [4.69, 9.17) is 5.41 Å². The van der Waals surface area contributed by atoms with E-state index in [1.807, 2.05) is 14.1 Å². The standard InChI is InChI=1S/C9H20N4/c1-11-6-9(10)13(3)8-4-5-12(2)7-8/h8,10-11H,4-7H2,1-3H3/t8-/m1/s1. The Morgan fingerprint density at radius 3 is 2.85 bits per heavy atom. The van der Waals surface area contributed by atoms with Crippen LogP contribution >= 0.6 is 0 Å². The summed E-state index contributed by atoms with van der Waals surface area (Å²) in [5.41, 5.74) is 0. The third kappa shape index (κ3) is 2.67. The molecule has 1 rings (SSSR count). The van der Waals surface area contributed by atoms with Crippen molar-refractivity contribution in [3.05, 3.63) is 0 Å². The Hall–Kier alpha value is -0.610. The van der Waals surface area contributed by atoms with Crippen LogP contribution in [-0.4, -0.2) is 62.5 Å². The van der Waals surface area contributed by atoms with Gasteiger partial charge in [0, 0.05) is 19.6 Å². The summed E-state index contributed by atoms with van der Waals surface area (Å²) < 4.78 is 0. The van der Waals surface area contributed by atoms with Crippen LogP contribution in [0.15, 0.2) is 0 Å². The maximum atomic E-state index is 7.77. The zero-order valence-electron chi connectivity index (χ0n) is 8.80. The van der Waals surface area contributed by atoms with Gasteiger partial charge in [-0.3, -0.25) is 5.41 Å². The Labute approximate surface area is 80.4 Å². The maximum absolute atomic E-state index is 7.77. The minimum atomic E-state index is 0.533. The van der Waals surface area contributed by atoms with Crippen molar-refractivity contribution in [3.63, 3.8) is 0 Å². The fourth-order valence-corrected chi connectivity index (χ4v) is 1.74. The molecule has 1 aliphatic rings. The highest BCUT2D eigenvalue weighted by atomic mass is 15.3. The third-order valence-electron chi connectivity index (χ3n) is 2.68. The monoisotopic (exact) mass is 184 g/mol. The average Bonchev–Trinajstić information content (AvgIpc) is 2.51. The summed E-state index contributed by atoms with van der Waals surface area (Å²) in [5.74, 6) is 0.683. The van der Waals surface area contributed by atoms with E-state index in [1.54, 1.807) is 0 Å². The maximum Gasteiger partial charge on any atom is 0.110 e. The number of nitrogens with zero attached hydrogens (tertiary/aromatic N) is 2. The van der Waals surface area contributed by atoms with Gasteiger partial charge in [-0.15, -0.1) is 0 Å². The van der Waals surface area contributed by atoms with Crippen LogP contribution in [0.4, 0.5) is 0 Å². The molecule has 1 saturated heterocycles. The smallest absolute Gasteiger partial charge is 0.110 e. The molecule has 1 heterocycles. The van der Waals surface area contributed by atoms with Gasteiger partial charge in [-0.1, -0.05) is 0 Å². The molecule has 1 aliphatic heterocycles. The van der Waals surface area contributed by atoms with Crippen molar-refractivity contribution in [1.82, 2.24) is 15.1 Å². The van der Waals surface area contributed by atoms with Gasteiger partial charge < -0.3 is 15.1 Å². The van der Waals surface area contributed by atoms with Crippen LogP contribution in [0.2, 0.25) is 0 Å². The highest BCUT2D eigenvalue weighted by Gasteiger charge is 2.24. The van der Waals surface area contributed by atoms with Crippen LogP contribution in [-0.2, 0) is 0 Å². The van der Waals surface area contributed by atoms with E-state index >= 15 is 0 Å². The van der Waals surface area contributed by atoms with Crippen LogP contribution in [0.3, 0.4) is 0 Å². The highest BCUT2D eigenvalue weighted by molar-refractivity contribution is 5.81. The first-order valence-electron chi connectivity index (χ1n) is 4.78. The van der Waals surface area contributed by atoms with Gasteiger partial charge >= 0.3 is 0 Å². The molecular weight excluding hydrogens is 164 g/mol. The van der Waals surface area contributed by atoms with E-state index < -0.39 is 0 Å². The molecule has 2 N–H and O–H groups in total. The minimum absolute atomic E-state index is 0.533. The molecule has 0 amide bonds. The molecule has 0 unspecified atom stereocenters. The molecule has 0 aliphatic carbocycles. The molecule has 4 heteroatoms. The first kappa shape index (κ1) is 10.5. The normalized spacial score (nSPS) is 23.5. The van der Waals surface area contributed by atoms with Gasteiger partial charge in [0.2, 0.25) is 0 Å². The Kier molecular flexibility index (Phi) is 3.69. The summed E-state index contributed by atoms with van der Waals surface area (Å²) in [4.78, 5) is 4.40. The molecule has 0 spiro atoms. The second-order valence-corrected chi connectivity index (χ2v) is 3.79. The highest BCUT2D eigenvalue weighted by Crippen LogP contribution is 2.12. The van der Waals surface area contributed by atoms with Crippen molar-refractivity contribution in [2.45, 2.75) is 12.5 Å². The zero-order chi connectivity index (χ0) is 9.84. The molecule has 13 heavy (non-hydrogen) atoms. The van der Waals surface area contributed by atoms with Crippen LogP contribution in [0.25, 0.3) is 0 Å². The molecule has 0 aromatic heterocycles. The number of likely N-dealkylation sites (N-methyl/N-ethyl adjacent to an activating group) is 3. The number of hydrogen-bond donors (Lipinski definition) is 2. The van der Waals surface area contributed by atoms with E-state index in [0.717, 1.165) is 13.1 Å². The quantitative estimate of drug-likeness (QED) is 0.472. The lowest BCUT2D eigenvalue weighted by atomic mass is 10.2. The van der Waals surface area contributed by atoms with Crippen LogP contribution in [0.1, 0.15) is 6.42 Å². The molecule has 0 aromatic rings. The van der Waals surface area contributed by atoms with Crippen LogP contribution in [0, 0.1) is 5.41 Å². The number of nitrogens with one attached hydrogen (secondary N) is 2. The summed E-state index contributed by atoms with van der Waals surface area (Å²) in [5, 5.41) is 10.8. The van der Waals surface area contributed by atoms with Crippen molar-refractivity contribution in [2.24, 2.45) is 0 Å². The second-order valence-electron chi connectivity index (χ2n) is 3.79. The summed E-state index contributed by atoms with van der Waals surface area (Å²) in [6.07, 6.45) is 1.18. The molecule has 0 saturated carbocycles. The van der Waals surface area contributed by atoms with Crippen molar-refractivity contribution in [3.8, 4) is 0 Å². The number of rotatable bonds is 3. The molecule has 0 aromatic carbocycles. The zero-order valence-corrected chi connectivity index (χ0v) is 8.80. The van der Waals surface area contributed by atoms with Gasteiger partial charge in [-0.05, 0) is 27.1 Å². The summed E-state index contributed by atoms with van der Waals surface area (Å²) in [6, 6.07) is 0.533. The van der Waals surface area contributed by atoms with E-state index in [1.165, 1.54) is 6.42 Å². The number of amidine groups is 1. The largest absolute Gasteiger partial charge is 0.358 e. The Balaban J connectivity index is 2.38. The van der Waals surface area contributed by atoms with Crippen molar-refractivity contribution in [1.29, 1.82) is 5.41 Å². The van der Waals surface area contributed by atoms with Crippen molar-refractivity contribution < 1.29 is 0 Å². The van der Waals surface area contributed by atoms with Gasteiger partial charge in [-0.2, -0.15) is 0 Å². The Bertz CT molecular complexity index is 180. The fraction of sp³-hybridized carbons (Fsp3) is 0.889. The van der Waals surface area contributed by atoms with E-state index in [-0.39, 0.29) is 0 Å². The van der Waals surface area contributed by atoms with Gasteiger partial charge in [0.05, 0.1) is 6.54 Å². The van der Waals surface area contributed by atoms with Gasteiger partial charge in [0.15, 0.2) is 0 Å². The Morgan fingerprint density at radius 2 is 2.38 bits per heavy atom. The van der Waals surface area contributed by atoms with Gasteiger partial charge in [0.25, 0.3) is 0 Å². The van der Waals surface area contributed by atoms with Crippen molar-refractivity contribution in [2.75, 3.05) is 40.8 Å². The summed E-state index contributed by atoms with van der Waals surface area (Å²) in [7, 11) is 6.03. The molecular formula is C9H20N4. The summed E-state index contributed by atoms with van der Waals surface area (Å²) >= 11 is 0. The molecule has 4 nitrogen and oxygen atoms in total. The average molecular weight is 184 g/mol. The first-order valence-corrected chi connectivity index (χ1v) is 4.78.